The standard InChI is InChI=1S/C9H10ClNO2/c10-6-4-8(12)9(11-5-6)13-7-2-1-3-7/h4-5,7,12H,1-3H2. The van der Waals surface area contributed by atoms with E-state index in [4.69, 9.17) is 16.3 Å². The van der Waals surface area contributed by atoms with Crippen molar-refractivity contribution in [2.45, 2.75) is 25.4 Å². The van der Waals surface area contributed by atoms with Crippen molar-refractivity contribution in [3.05, 3.63) is 17.3 Å². The van der Waals surface area contributed by atoms with E-state index in [1.54, 1.807) is 0 Å². The number of hydrogen-bond acceptors (Lipinski definition) is 3. The number of ether oxygens (including phenoxy) is 1. The molecule has 1 N–H and O–H groups in total. The molecule has 1 aliphatic carbocycles. The highest BCUT2D eigenvalue weighted by atomic mass is 35.5. The van der Waals surface area contributed by atoms with Gasteiger partial charge in [0.15, 0.2) is 5.75 Å². The second-order valence-electron chi connectivity index (χ2n) is 3.15. The fourth-order valence-corrected chi connectivity index (χ4v) is 1.31. The average molecular weight is 200 g/mol. The van der Waals surface area contributed by atoms with Crippen molar-refractivity contribution in [2.24, 2.45) is 0 Å². The monoisotopic (exact) mass is 199 g/mol. The maximum atomic E-state index is 9.39. The minimum Gasteiger partial charge on any atom is -0.503 e. The molecule has 1 heterocycles. The molecule has 0 spiro atoms. The van der Waals surface area contributed by atoms with Gasteiger partial charge in [-0.3, -0.25) is 0 Å². The first kappa shape index (κ1) is 8.63. The molecule has 0 atom stereocenters. The smallest absolute Gasteiger partial charge is 0.257 e. The molecule has 0 bridgehead atoms. The molecule has 4 heteroatoms. The van der Waals surface area contributed by atoms with Crippen LogP contribution >= 0.6 is 11.6 Å². The van der Waals surface area contributed by atoms with E-state index in [2.05, 4.69) is 4.98 Å². The zero-order valence-electron chi connectivity index (χ0n) is 7.03. The topological polar surface area (TPSA) is 42.4 Å². The zero-order chi connectivity index (χ0) is 9.26. The summed E-state index contributed by atoms with van der Waals surface area (Å²) in [7, 11) is 0. The van der Waals surface area contributed by atoms with E-state index in [0.29, 0.717) is 5.02 Å². The summed E-state index contributed by atoms with van der Waals surface area (Å²) in [5.41, 5.74) is 0. The number of pyridine rings is 1. The molecule has 70 valence electrons. The Labute approximate surface area is 81.3 Å². The van der Waals surface area contributed by atoms with Crippen LogP contribution in [0.15, 0.2) is 12.3 Å². The molecule has 1 fully saturated rings. The number of aromatic hydroxyl groups is 1. The van der Waals surface area contributed by atoms with Crippen molar-refractivity contribution in [2.75, 3.05) is 0 Å². The van der Waals surface area contributed by atoms with E-state index >= 15 is 0 Å². The average Bonchev–Trinajstić information content (AvgIpc) is 1.99. The van der Waals surface area contributed by atoms with Crippen LogP contribution in [0, 0.1) is 0 Å². The van der Waals surface area contributed by atoms with Gasteiger partial charge in [0.2, 0.25) is 0 Å². The van der Waals surface area contributed by atoms with Gasteiger partial charge in [0, 0.05) is 12.3 Å². The molecule has 2 rings (SSSR count). The van der Waals surface area contributed by atoms with E-state index in [-0.39, 0.29) is 17.7 Å². The molecule has 0 amide bonds. The van der Waals surface area contributed by atoms with Crippen LogP contribution in [0.5, 0.6) is 11.6 Å². The Balaban J connectivity index is 2.10. The lowest BCUT2D eigenvalue weighted by molar-refractivity contribution is 0.110. The van der Waals surface area contributed by atoms with Crippen LogP contribution in [0.1, 0.15) is 19.3 Å². The summed E-state index contributed by atoms with van der Waals surface area (Å²) in [5, 5.41) is 9.80. The molecule has 0 radical (unpaired) electrons. The van der Waals surface area contributed by atoms with E-state index < -0.39 is 0 Å². The predicted molar refractivity (Wildman–Crippen MR) is 49.2 cm³/mol. The summed E-state index contributed by atoms with van der Waals surface area (Å²) in [6, 6.07) is 1.43. The Morgan fingerprint density at radius 3 is 2.85 bits per heavy atom. The van der Waals surface area contributed by atoms with Gasteiger partial charge in [-0.05, 0) is 19.3 Å². The van der Waals surface area contributed by atoms with Crippen molar-refractivity contribution in [1.82, 2.24) is 4.98 Å². The second-order valence-corrected chi connectivity index (χ2v) is 3.59. The Kier molecular flexibility index (Phi) is 2.27. The minimum absolute atomic E-state index is 0.0133. The third-order valence-electron chi connectivity index (χ3n) is 2.13. The lowest BCUT2D eigenvalue weighted by atomic mass is 9.96. The molecule has 0 unspecified atom stereocenters. The lowest BCUT2D eigenvalue weighted by Crippen LogP contribution is -2.24. The normalized spacial score (nSPS) is 16.7. The number of nitrogens with zero attached hydrogens (tertiary/aromatic N) is 1. The number of rotatable bonds is 2. The minimum atomic E-state index is 0.0133. The Hall–Kier alpha value is -0.960. The largest absolute Gasteiger partial charge is 0.503 e. The van der Waals surface area contributed by atoms with Crippen LogP contribution in [0.2, 0.25) is 5.02 Å². The molecule has 0 saturated heterocycles. The molecule has 1 aromatic rings. The molecule has 1 aliphatic rings. The fraction of sp³-hybridized carbons (Fsp3) is 0.444. The quantitative estimate of drug-likeness (QED) is 0.795. The Bertz CT molecular complexity index is 312. The number of hydrogen-bond donors (Lipinski definition) is 1. The highest BCUT2D eigenvalue weighted by Crippen LogP contribution is 2.30. The Morgan fingerprint density at radius 1 is 1.54 bits per heavy atom. The first-order valence-electron chi connectivity index (χ1n) is 4.27. The summed E-state index contributed by atoms with van der Waals surface area (Å²) in [6.45, 7) is 0. The van der Waals surface area contributed by atoms with Crippen LogP contribution in [-0.4, -0.2) is 16.2 Å². The summed E-state index contributed by atoms with van der Waals surface area (Å²) in [6.07, 6.45) is 4.97. The fourth-order valence-electron chi connectivity index (χ4n) is 1.15. The summed E-state index contributed by atoms with van der Waals surface area (Å²) in [5.74, 6) is 0.300. The van der Waals surface area contributed by atoms with E-state index in [9.17, 15) is 5.11 Å². The lowest BCUT2D eigenvalue weighted by Gasteiger charge is -2.25. The van der Waals surface area contributed by atoms with Crippen LogP contribution in [-0.2, 0) is 0 Å². The van der Waals surface area contributed by atoms with Crippen LogP contribution in [0.25, 0.3) is 0 Å². The first-order chi connectivity index (χ1) is 6.25. The summed E-state index contributed by atoms with van der Waals surface area (Å²) < 4.78 is 5.42. The molecule has 1 aromatic heterocycles. The van der Waals surface area contributed by atoms with Crippen molar-refractivity contribution >= 4 is 11.6 Å². The maximum absolute atomic E-state index is 9.39. The van der Waals surface area contributed by atoms with Gasteiger partial charge in [-0.25, -0.2) is 4.98 Å². The van der Waals surface area contributed by atoms with E-state index in [1.165, 1.54) is 18.7 Å². The third kappa shape index (κ3) is 1.86. The highest BCUT2D eigenvalue weighted by molar-refractivity contribution is 6.30. The van der Waals surface area contributed by atoms with Gasteiger partial charge in [0.05, 0.1) is 5.02 Å². The zero-order valence-corrected chi connectivity index (χ0v) is 7.79. The molecular formula is C9H10ClNO2. The van der Waals surface area contributed by atoms with Crippen LogP contribution in [0.3, 0.4) is 0 Å². The highest BCUT2D eigenvalue weighted by Gasteiger charge is 2.20. The first-order valence-corrected chi connectivity index (χ1v) is 4.64. The molecule has 1 saturated carbocycles. The van der Waals surface area contributed by atoms with Gasteiger partial charge >= 0.3 is 0 Å². The van der Waals surface area contributed by atoms with Gasteiger partial charge in [0.1, 0.15) is 6.10 Å². The van der Waals surface area contributed by atoms with Crippen LogP contribution in [0.4, 0.5) is 0 Å². The van der Waals surface area contributed by atoms with E-state index in [1.807, 2.05) is 0 Å². The third-order valence-corrected chi connectivity index (χ3v) is 2.34. The van der Waals surface area contributed by atoms with Gasteiger partial charge < -0.3 is 9.84 Å². The molecule has 0 aromatic carbocycles. The summed E-state index contributed by atoms with van der Waals surface area (Å²) >= 11 is 5.62. The second kappa shape index (κ2) is 3.42. The van der Waals surface area contributed by atoms with Gasteiger partial charge in [0.25, 0.3) is 5.88 Å². The van der Waals surface area contributed by atoms with E-state index in [0.717, 1.165) is 12.8 Å². The van der Waals surface area contributed by atoms with Gasteiger partial charge in [-0.1, -0.05) is 11.6 Å². The number of halogens is 1. The molecule has 3 nitrogen and oxygen atoms in total. The molecule has 13 heavy (non-hydrogen) atoms. The van der Waals surface area contributed by atoms with Gasteiger partial charge in [-0.2, -0.15) is 0 Å². The van der Waals surface area contributed by atoms with Crippen molar-refractivity contribution in [3.63, 3.8) is 0 Å². The number of aromatic nitrogens is 1. The van der Waals surface area contributed by atoms with Crippen molar-refractivity contribution < 1.29 is 9.84 Å². The van der Waals surface area contributed by atoms with Gasteiger partial charge in [-0.15, -0.1) is 0 Å². The molecular weight excluding hydrogens is 190 g/mol. The van der Waals surface area contributed by atoms with Crippen LogP contribution < -0.4 is 4.74 Å². The Morgan fingerprint density at radius 2 is 2.31 bits per heavy atom. The molecule has 0 aliphatic heterocycles. The maximum Gasteiger partial charge on any atom is 0.257 e. The summed E-state index contributed by atoms with van der Waals surface area (Å²) in [4.78, 5) is 3.90. The van der Waals surface area contributed by atoms with Crippen molar-refractivity contribution in [3.8, 4) is 11.6 Å². The predicted octanol–water partition coefficient (Wildman–Crippen LogP) is 2.37. The van der Waals surface area contributed by atoms with Crippen molar-refractivity contribution in [1.29, 1.82) is 0 Å². The SMILES string of the molecule is Oc1cc(Cl)cnc1OC1CCC1.